The third-order valence-corrected chi connectivity index (χ3v) is 7.05. The highest BCUT2D eigenvalue weighted by Crippen LogP contribution is 2.60. The van der Waals surface area contributed by atoms with E-state index in [9.17, 15) is 10.2 Å². The number of ether oxygens (including phenoxy) is 1. The molecule has 2 aliphatic carbocycles. The van der Waals surface area contributed by atoms with E-state index in [0.717, 1.165) is 57.8 Å². The SMILES string of the molecule is CCC12CCC3(O)OC(CCCC#N)CCC3C1CCCC2O. The van der Waals surface area contributed by atoms with Crippen molar-refractivity contribution in [1.82, 2.24) is 0 Å². The van der Waals surface area contributed by atoms with Crippen LogP contribution in [0.25, 0.3) is 0 Å². The molecule has 4 nitrogen and oxygen atoms in total. The summed E-state index contributed by atoms with van der Waals surface area (Å²) in [5.41, 5.74) is -0.00779. The first-order valence-electron chi connectivity index (χ1n) is 9.51. The quantitative estimate of drug-likeness (QED) is 0.777. The second kappa shape index (κ2) is 6.70. The number of aliphatic hydroxyl groups is 2. The Morgan fingerprint density at radius 2 is 2.00 bits per heavy atom. The van der Waals surface area contributed by atoms with Crippen LogP contribution in [-0.4, -0.2) is 28.2 Å². The van der Waals surface area contributed by atoms with E-state index in [2.05, 4.69) is 13.0 Å². The molecule has 130 valence electrons. The van der Waals surface area contributed by atoms with Crippen LogP contribution in [0.3, 0.4) is 0 Å². The van der Waals surface area contributed by atoms with Gasteiger partial charge in [-0.3, -0.25) is 0 Å². The van der Waals surface area contributed by atoms with Crippen LogP contribution in [-0.2, 0) is 4.74 Å². The fourth-order valence-corrected chi connectivity index (χ4v) is 5.79. The van der Waals surface area contributed by atoms with Crippen LogP contribution in [0.5, 0.6) is 0 Å². The van der Waals surface area contributed by atoms with E-state index in [0.29, 0.717) is 18.8 Å². The zero-order valence-corrected chi connectivity index (χ0v) is 14.3. The predicted molar refractivity (Wildman–Crippen MR) is 87.3 cm³/mol. The summed E-state index contributed by atoms with van der Waals surface area (Å²) >= 11 is 0. The summed E-state index contributed by atoms with van der Waals surface area (Å²) in [6, 6.07) is 2.18. The van der Waals surface area contributed by atoms with Crippen molar-refractivity contribution in [1.29, 1.82) is 5.26 Å². The van der Waals surface area contributed by atoms with Gasteiger partial charge in [-0.2, -0.15) is 5.26 Å². The summed E-state index contributed by atoms with van der Waals surface area (Å²) < 4.78 is 6.16. The molecule has 2 saturated carbocycles. The van der Waals surface area contributed by atoms with Gasteiger partial charge in [-0.25, -0.2) is 0 Å². The number of rotatable bonds is 4. The highest BCUT2D eigenvalue weighted by molar-refractivity contribution is 5.06. The maximum Gasteiger partial charge on any atom is 0.168 e. The zero-order chi connectivity index (χ0) is 16.5. The van der Waals surface area contributed by atoms with Gasteiger partial charge < -0.3 is 14.9 Å². The molecule has 0 aromatic heterocycles. The number of nitriles is 1. The van der Waals surface area contributed by atoms with Gasteiger partial charge in [0.25, 0.3) is 0 Å². The maximum atomic E-state index is 11.2. The molecule has 0 bridgehead atoms. The lowest BCUT2D eigenvalue weighted by atomic mass is 9.51. The van der Waals surface area contributed by atoms with Crippen LogP contribution < -0.4 is 0 Å². The number of unbranched alkanes of at least 4 members (excludes halogenated alkanes) is 1. The zero-order valence-electron chi connectivity index (χ0n) is 14.3. The summed E-state index contributed by atoms with van der Waals surface area (Å²) in [6.45, 7) is 2.19. The maximum absolute atomic E-state index is 11.2. The Labute approximate surface area is 139 Å². The first-order valence-corrected chi connectivity index (χ1v) is 9.51. The Morgan fingerprint density at radius 1 is 1.17 bits per heavy atom. The molecule has 1 heterocycles. The van der Waals surface area contributed by atoms with Crippen LogP contribution in [0.2, 0.25) is 0 Å². The summed E-state index contributed by atoms with van der Waals surface area (Å²) in [4.78, 5) is 0. The van der Waals surface area contributed by atoms with E-state index in [-0.39, 0.29) is 23.5 Å². The molecule has 0 radical (unpaired) electrons. The van der Waals surface area contributed by atoms with Crippen molar-refractivity contribution in [2.45, 2.75) is 95.5 Å². The molecule has 1 saturated heterocycles. The number of hydrogen-bond acceptors (Lipinski definition) is 4. The molecule has 6 unspecified atom stereocenters. The topological polar surface area (TPSA) is 73.5 Å². The van der Waals surface area contributed by atoms with Crippen molar-refractivity contribution in [3.63, 3.8) is 0 Å². The van der Waals surface area contributed by atoms with Crippen LogP contribution in [0.15, 0.2) is 0 Å². The van der Waals surface area contributed by atoms with E-state index < -0.39 is 5.79 Å². The largest absolute Gasteiger partial charge is 0.393 e. The number of nitrogens with zero attached hydrogens (tertiary/aromatic N) is 1. The molecule has 23 heavy (non-hydrogen) atoms. The second-order valence-electron chi connectivity index (χ2n) is 7.96. The van der Waals surface area contributed by atoms with Crippen molar-refractivity contribution < 1.29 is 14.9 Å². The summed E-state index contributed by atoms with van der Waals surface area (Å²) in [6.07, 6.45) is 9.72. The lowest BCUT2D eigenvalue weighted by molar-refractivity contribution is -0.330. The molecule has 3 fully saturated rings. The van der Waals surface area contributed by atoms with E-state index in [1.165, 1.54) is 0 Å². The molecule has 0 spiro atoms. The monoisotopic (exact) mass is 321 g/mol. The minimum atomic E-state index is -1.00. The number of aliphatic hydroxyl groups excluding tert-OH is 1. The highest BCUT2D eigenvalue weighted by Gasteiger charge is 2.59. The third-order valence-electron chi connectivity index (χ3n) is 7.05. The molecular formula is C19H31NO3. The summed E-state index contributed by atoms with van der Waals surface area (Å²) in [7, 11) is 0. The predicted octanol–water partition coefficient (Wildman–Crippen LogP) is 3.52. The Kier molecular flexibility index (Phi) is 5.01. The first-order chi connectivity index (χ1) is 11.1. The Hall–Kier alpha value is -0.630. The average Bonchev–Trinajstić information content (AvgIpc) is 2.55. The van der Waals surface area contributed by atoms with Gasteiger partial charge in [0.1, 0.15) is 0 Å². The second-order valence-corrected chi connectivity index (χ2v) is 7.96. The molecule has 3 rings (SSSR count). The van der Waals surface area contributed by atoms with Gasteiger partial charge in [0.15, 0.2) is 5.79 Å². The number of fused-ring (bicyclic) bond motifs is 3. The fourth-order valence-electron chi connectivity index (χ4n) is 5.79. The average molecular weight is 321 g/mol. The minimum Gasteiger partial charge on any atom is -0.393 e. The lowest BCUT2D eigenvalue weighted by Crippen LogP contribution is -2.61. The molecule has 2 N–H and O–H groups in total. The smallest absolute Gasteiger partial charge is 0.168 e. The van der Waals surface area contributed by atoms with Gasteiger partial charge in [-0.15, -0.1) is 0 Å². The Bertz CT molecular complexity index is 462. The van der Waals surface area contributed by atoms with Crippen molar-refractivity contribution in [2.24, 2.45) is 17.3 Å². The minimum absolute atomic E-state index is 0.00779. The first kappa shape index (κ1) is 17.2. The standard InChI is InChI=1S/C19H31NO3/c1-2-18-11-12-19(22)16(15(18)7-5-8-17(18)21)10-9-14(23-19)6-3-4-13-20/h14-17,21-22H,2-12H2,1H3. The Balaban J connectivity index is 1.73. The number of hydrogen-bond donors (Lipinski definition) is 2. The van der Waals surface area contributed by atoms with Crippen molar-refractivity contribution in [3.05, 3.63) is 0 Å². The molecule has 6 atom stereocenters. The van der Waals surface area contributed by atoms with Crippen LogP contribution >= 0.6 is 0 Å². The van der Waals surface area contributed by atoms with Gasteiger partial charge in [0.2, 0.25) is 0 Å². The van der Waals surface area contributed by atoms with Crippen molar-refractivity contribution in [3.8, 4) is 6.07 Å². The molecule has 4 heteroatoms. The van der Waals surface area contributed by atoms with Gasteiger partial charge in [0, 0.05) is 18.8 Å². The van der Waals surface area contributed by atoms with Crippen molar-refractivity contribution >= 4 is 0 Å². The van der Waals surface area contributed by atoms with E-state index in [1.807, 2.05) is 0 Å². The third kappa shape index (κ3) is 2.92. The fraction of sp³-hybridized carbons (Fsp3) is 0.947. The molecule has 0 aromatic carbocycles. The van der Waals surface area contributed by atoms with Gasteiger partial charge in [-0.05, 0) is 62.7 Å². The molecular weight excluding hydrogens is 290 g/mol. The molecule has 0 aromatic rings. The lowest BCUT2D eigenvalue weighted by Gasteiger charge is -2.60. The van der Waals surface area contributed by atoms with E-state index in [1.54, 1.807) is 0 Å². The van der Waals surface area contributed by atoms with Gasteiger partial charge in [-0.1, -0.05) is 13.3 Å². The van der Waals surface area contributed by atoms with Crippen LogP contribution in [0.1, 0.15) is 77.6 Å². The van der Waals surface area contributed by atoms with Crippen molar-refractivity contribution in [2.75, 3.05) is 0 Å². The normalized spacial score (nSPS) is 46.5. The Morgan fingerprint density at radius 3 is 2.74 bits per heavy atom. The van der Waals surface area contributed by atoms with E-state index in [4.69, 9.17) is 10.00 Å². The highest BCUT2D eigenvalue weighted by atomic mass is 16.6. The van der Waals surface area contributed by atoms with Crippen LogP contribution in [0, 0.1) is 28.6 Å². The van der Waals surface area contributed by atoms with Crippen LogP contribution in [0.4, 0.5) is 0 Å². The van der Waals surface area contributed by atoms with E-state index >= 15 is 0 Å². The summed E-state index contributed by atoms with van der Waals surface area (Å²) in [5, 5.41) is 30.5. The van der Waals surface area contributed by atoms with Gasteiger partial charge >= 0.3 is 0 Å². The molecule has 1 aliphatic heterocycles. The molecule has 3 aliphatic rings. The van der Waals surface area contributed by atoms with Gasteiger partial charge in [0.05, 0.1) is 18.3 Å². The summed E-state index contributed by atoms with van der Waals surface area (Å²) in [5.74, 6) is -0.455. The molecule has 0 amide bonds.